The summed E-state index contributed by atoms with van der Waals surface area (Å²) in [6, 6.07) is 14.2. The lowest BCUT2D eigenvalue weighted by Crippen LogP contribution is -2.39. The summed E-state index contributed by atoms with van der Waals surface area (Å²) in [7, 11) is -2.40. The van der Waals surface area contributed by atoms with Crippen molar-refractivity contribution >= 4 is 43.6 Å². The summed E-state index contributed by atoms with van der Waals surface area (Å²) in [5, 5.41) is 10.3. The summed E-state index contributed by atoms with van der Waals surface area (Å²) in [6.45, 7) is 1.30. The lowest BCUT2D eigenvalue weighted by molar-refractivity contribution is 0.664. The molecule has 0 bridgehead atoms. The third kappa shape index (κ3) is 3.68. The molecule has 3 aromatic heterocycles. The second kappa shape index (κ2) is 7.59. The van der Waals surface area contributed by atoms with E-state index in [0.29, 0.717) is 30.4 Å². The van der Waals surface area contributed by atoms with Gasteiger partial charge < -0.3 is 10.2 Å². The summed E-state index contributed by atoms with van der Waals surface area (Å²) in [4.78, 5) is 11.5. The van der Waals surface area contributed by atoms with E-state index in [0.717, 1.165) is 39.2 Å². The Kier molecular flexibility index (Phi) is 4.54. The number of H-pyrrole nitrogens is 1. The van der Waals surface area contributed by atoms with Crippen LogP contribution in [0.3, 0.4) is 0 Å². The van der Waals surface area contributed by atoms with Gasteiger partial charge in [-0.15, -0.1) is 0 Å². The fourth-order valence-corrected chi connectivity index (χ4v) is 5.44. The number of fused-ring (bicyclic) bond motifs is 3. The molecule has 10 heteroatoms. The number of hydrogen-bond donors (Lipinski definition) is 3. The van der Waals surface area contributed by atoms with Gasteiger partial charge in [0.2, 0.25) is 0 Å². The molecule has 0 radical (unpaired) electrons. The second-order valence-electron chi connectivity index (χ2n) is 8.15. The molecule has 2 aromatic carbocycles. The van der Waals surface area contributed by atoms with E-state index < -0.39 is 9.73 Å². The summed E-state index contributed by atoms with van der Waals surface area (Å²) < 4.78 is 21.7. The van der Waals surface area contributed by atoms with E-state index in [2.05, 4.69) is 31.5 Å². The monoisotopic (exact) mass is 458 g/mol. The average molecular weight is 459 g/mol. The smallest absolute Gasteiger partial charge is 0.180 e. The molecular weight excluding hydrogens is 436 g/mol. The Balaban J connectivity index is 1.30. The van der Waals surface area contributed by atoms with Gasteiger partial charge in [0.1, 0.15) is 0 Å². The highest BCUT2D eigenvalue weighted by Gasteiger charge is 2.19. The van der Waals surface area contributed by atoms with E-state index in [9.17, 15) is 4.21 Å². The average Bonchev–Trinajstić information content (AvgIpc) is 3.53. The predicted molar refractivity (Wildman–Crippen MR) is 131 cm³/mol. The van der Waals surface area contributed by atoms with Crippen LogP contribution >= 0.6 is 0 Å². The molecule has 0 amide bonds. The maximum Gasteiger partial charge on any atom is 0.180 e. The van der Waals surface area contributed by atoms with E-state index in [-0.39, 0.29) is 0 Å². The Bertz CT molecular complexity index is 1540. The highest BCUT2D eigenvalue weighted by Crippen LogP contribution is 2.28. The van der Waals surface area contributed by atoms with Crippen molar-refractivity contribution in [1.82, 2.24) is 24.6 Å². The number of aromatic nitrogens is 5. The number of imidazole rings is 1. The molecule has 0 atom stereocenters. The highest BCUT2D eigenvalue weighted by atomic mass is 32.2. The molecule has 0 saturated carbocycles. The zero-order valence-corrected chi connectivity index (χ0v) is 18.5. The van der Waals surface area contributed by atoms with Crippen molar-refractivity contribution in [3.05, 3.63) is 67.3 Å². The van der Waals surface area contributed by atoms with Gasteiger partial charge in [-0.3, -0.25) is 14.3 Å². The topological polar surface area (TPSA) is 115 Å². The molecule has 0 aliphatic carbocycles. The quantitative estimate of drug-likeness (QED) is 0.376. The van der Waals surface area contributed by atoms with Crippen LogP contribution in [0.5, 0.6) is 0 Å². The first-order chi connectivity index (χ1) is 16.1. The maximum absolute atomic E-state index is 11.9. The van der Waals surface area contributed by atoms with Crippen LogP contribution in [0.15, 0.2) is 67.3 Å². The number of hydrogen-bond acceptors (Lipinski definition) is 7. The molecule has 1 aliphatic rings. The van der Waals surface area contributed by atoms with Crippen LogP contribution in [0, 0.1) is 4.78 Å². The van der Waals surface area contributed by atoms with Crippen molar-refractivity contribution in [2.24, 2.45) is 0 Å². The van der Waals surface area contributed by atoms with Crippen LogP contribution in [0.1, 0.15) is 0 Å². The van der Waals surface area contributed by atoms with Crippen LogP contribution < -0.4 is 10.2 Å². The summed E-state index contributed by atoms with van der Waals surface area (Å²) in [5.41, 5.74) is 6.63. The number of nitrogens with one attached hydrogen (secondary N) is 3. The molecule has 0 spiro atoms. The first kappa shape index (κ1) is 19.7. The molecule has 9 nitrogen and oxygen atoms in total. The predicted octanol–water partition coefficient (Wildman–Crippen LogP) is 3.88. The molecule has 1 fully saturated rings. The second-order valence-corrected chi connectivity index (χ2v) is 10.6. The van der Waals surface area contributed by atoms with E-state index >= 15 is 0 Å². The summed E-state index contributed by atoms with van der Waals surface area (Å²) in [6.07, 6.45) is 7.38. The largest absolute Gasteiger partial charge is 0.370 e. The molecular formula is C23H22N8OS. The Labute approximate surface area is 190 Å². The van der Waals surface area contributed by atoms with Crippen molar-refractivity contribution in [3.63, 3.8) is 0 Å². The van der Waals surface area contributed by atoms with E-state index in [4.69, 9.17) is 9.76 Å². The van der Waals surface area contributed by atoms with Crippen molar-refractivity contribution in [2.75, 3.05) is 34.8 Å². The van der Waals surface area contributed by atoms with E-state index in [1.807, 2.05) is 53.2 Å². The molecule has 5 aromatic rings. The normalized spacial score (nSPS) is 15.8. The third-order valence-corrected chi connectivity index (χ3v) is 7.71. The van der Waals surface area contributed by atoms with Crippen molar-refractivity contribution in [2.45, 2.75) is 0 Å². The number of anilines is 3. The molecule has 0 unspecified atom stereocenters. The zero-order valence-electron chi connectivity index (χ0n) is 17.7. The SMILES string of the molecule is N=S1(=O)CCN(c2ccc(Nc3nc4ccc(-c5cn[nH]c5)cc4n4ccnc34)cc2)CC1. The van der Waals surface area contributed by atoms with Crippen molar-refractivity contribution in [3.8, 4) is 11.1 Å². The lowest BCUT2D eigenvalue weighted by atomic mass is 10.1. The van der Waals surface area contributed by atoms with Crippen LogP contribution in [-0.2, 0) is 9.73 Å². The van der Waals surface area contributed by atoms with Gasteiger partial charge in [0, 0.05) is 69.9 Å². The first-order valence-corrected chi connectivity index (χ1v) is 12.6. The van der Waals surface area contributed by atoms with Gasteiger partial charge in [-0.2, -0.15) is 5.10 Å². The Morgan fingerprint density at radius 2 is 1.88 bits per heavy atom. The third-order valence-electron chi connectivity index (χ3n) is 6.03. The van der Waals surface area contributed by atoms with Gasteiger partial charge in [0.25, 0.3) is 0 Å². The van der Waals surface area contributed by atoms with Gasteiger partial charge in [0.05, 0.1) is 17.2 Å². The first-order valence-electron chi connectivity index (χ1n) is 10.7. The van der Waals surface area contributed by atoms with Gasteiger partial charge in [-0.1, -0.05) is 6.07 Å². The molecule has 166 valence electrons. The van der Waals surface area contributed by atoms with Crippen LogP contribution in [0.25, 0.3) is 27.8 Å². The van der Waals surface area contributed by atoms with Crippen LogP contribution in [0.4, 0.5) is 17.2 Å². The van der Waals surface area contributed by atoms with Crippen molar-refractivity contribution < 1.29 is 4.21 Å². The minimum Gasteiger partial charge on any atom is -0.370 e. The maximum atomic E-state index is 11.9. The summed E-state index contributed by atoms with van der Waals surface area (Å²) in [5.74, 6) is 1.53. The number of aromatic amines is 1. The highest BCUT2D eigenvalue weighted by molar-refractivity contribution is 7.92. The van der Waals surface area contributed by atoms with Gasteiger partial charge in [-0.05, 0) is 42.0 Å². The molecule has 6 rings (SSSR count). The zero-order chi connectivity index (χ0) is 22.4. The fraction of sp³-hybridized carbons (Fsp3) is 0.174. The minimum atomic E-state index is -2.40. The fourth-order valence-electron chi connectivity index (χ4n) is 4.21. The number of nitrogens with zero attached hydrogens (tertiary/aromatic N) is 5. The van der Waals surface area contributed by atoms with Crippen LogP contribution in [-0.4, -0.2) is 53.4 Å². The number of benzene rings is 2. The molecule has 4 heterocycles. The Hall–Kier alpha value is -3.92. The molecule has 1 aliphatic heterocycles. The lowest BCUT2D eigenvalue weighted by Gasteiger charge is -2.30. The minimum absolute atomic E-state index is 0.425. The Morgan fingerprint density at radius 1 is 1.06 bits per heavy atom. The molecule has 3 N–H and O–H groups in total. The Morgan fingerprint density at radius 3 is 2.64 bits per heavy atom. The molecule has 1 saturated heterocycles. The van der Waals surface area contributed by atoms with Gasteiger partial charge in [-0.25, -0.2) is 14.2 Å². The van der Waals surface area contributed by atoms with Gasteiger partial charge >= 0.3 is 0 Å². The van der Waals surface area contributed by atoms with Crippen molar-refractivity contribution in [1.29, 1.82) is 4.78 Å². The van der Waals surface area contributed by atoms with E-state index in [1.54, 1.807) is 12.4 Å². The van der Waals surface area contributed by atoms with E-state index in [1.165, 1.54) is 0 Å². The standard InChI is InChI=1S/C23H22N8OS/c24-33(32)11-9-30(10-12-33)19-4-2-18(3-5-19)28-22-23-25-7-8-31(23)21-13-16(1-6-20(21)29-22)17-14-26-27-15-17/h1-8,13-15,24H,9-12H2,(H,26,27)(H,28,29). The summed E-state index contributed by atoms with van der Waals surface area (Å²) >= 11 is 0. The number of rotatable bonds is 4. The van der Waals surface area contributed by atoms with Gasteiger partial charge in [0.15, 0.2) is 11.5 Å². The van der Waals surface area contributed by atoms with Crippen LogP contribution in [0.2, 0.25) is 0 Å². The molecule has 33 heavy (non-hydrogen) atoms.